The molecular weight excluding hydrogens is 256 g/mol. The maximum atomic E-state index is 5.49. The molecule has 19 heavy (non-hydrogen) atoms. The van der Waals surface area contributed by atoms with Crippen LogP contribution in [0.4, 0.5) is 0 Å². The van der Waals surface area contributed by atoms with Crippen LogP contribution in [0.15, 0.2) is 30.3 Å². The van der Waals surface area contributed by atoms with E-state index in [0.29, 0.717) is 0 Å². The summed E-state index contributed by atoms with van der Waals surface area (Å²) in [5, 5.41) is 4.68. The van der Waals surface area contributed by atoms with Crippen LogP contribution in [0.5, 0.6) is 0 Å². The molecule has 0 amide bonds. The lowest BCUT2D eigenvalue weighted by molar-refractivity contribution is 0.253. The first-order valence-corrected chi connectivity index (χ1v) is 7.08. The highest BCUT2D eigenvalue weighted by Crippen LogP contribution is 2.17. The van der Waals surface area contributed by atoms with Crippen molar-refractivity contribution >= 4 is 12.2 Å². The molecule has 1 aromatic heterocycles. The molecule has 5 heteroatoms. The Morgan fingerprint density at radius 2 is 1.84 bits per heavy atom. The lowest BCUT2D eigenvalue weighted by Gasteiger charge is -2.13. The molecule has 3 rings (SSSR count). The van der Waals surface area contributed by atoms with Gasteiger partial charge in [0.25, 0.3) is 0 Å². The van der Waals surface area contributed by atoms with Crippen LogP contribution in [0.1, 0.15) is 12.8 Å². The van der Waals surface area contributed by atoms with E-state index in [-0.39, 0.29) is 0 Å². The van der Waals surface area contributed by atoms with Gasteiger partial charge < -0.3 is 4.57 Å². The van der Waals surface area contributed by atoms with Crippen molar-refractivity contribution < 1.29 is 0 Å². The average molecular weight is 274 g/mol. The molecule has 100 valence electrons. The second kappa shape index (κ2) is 5.27. The molecular formula is C14H18N4S. The Balaban J connectivity index is 1.93. The summed E-state index contributed by atoms with van der Waals surface area (Å²) < 4.78 is 4.70. The molecule has 1 fully saturated rings. The van der Waals surface area contributed by atoms with Gasteiger partial charge in [0.15, 0.2) is 10.6 Å². The molecule has 1 aromatic carbocycles. The molecule has 0 saturated carbocycles. The lowest BCUT2D eigenvalue weighted by Crippen LogP contribution is -2.23. The van der Waals surface area contributed by atoms with Gasteiger partial charge in [-0.15, -0.1) is 0 Å². The SMILES string of the molecule is Cn1c(-c2ccccc2)nn(CN2CCCC2)c1=S. The molecule has 4 nitrogen and oxygen atoms in total. The van der Waals surface area contributed by atoms with Crippen LogP contribution in [0.3, 0.4) is 0 Å². The molecule has 0 spiro atoms. The summed E-state index contributed by atoms with van der Waals surface area (Å²) in [5.74, 6) is 0.935. The van der Waals surface area contributed by atoms with E-state index in [9.17, 15) is 0 Å². The number of hydrogen-bond acceptors (Lipinski definition) is 3. The number of rotatable bonds is 3. The fourth-order valence-electron chi connectivity index (χ4n) is 2.53. The van der Waals surface area contributed by atoms with Crippen molar-refractivity contribution in [1.29, 1.82) is 0 Å². The Morgan fingerprint density at radius 3 is 2.53 bits per heavy atom. The first-order valence-electron chi connectivity index (χ1n) is 6.67. The molecule has 0 bridgehead atoms. The summed E-state index contributed by atoms with van der Waals surface area (Å²) in [6, 6.07) is 10.2. The van der Waals surface area contributed by atoms with Gasteiger partial charge in [0.1, 0.15) is 0 Å². The Kier molecular flexibility index (Phi) is 3.48. The fourth-order valence-corrected chi connectivity index (χ4v) is 2.72. The van der Waals surface area contributed by atoms with Crippen LogP contribution in [0.25, 0.3) is 11.4 Å². The normalized spacial score (nSPS) is 16.1. The van der Waals surface area contributed by atoms with Crippen molar-refractivity contribution in [3.8, 4) is 11.4 Å². The average Bonchev–Trinajstić information content (AvgIpc) is 3.04. The van der Waals surface area contributed by atoms with Crippen molar-refractivity contribution in [3.63, 3.8) is 0 Å². The summed E-state index contributed by atoms with van der Waals surface area (Å²) in [6.07, 6.45) is 2.57. The third-order valence-corrected chi connectivity index (χ3v) is 4.09. The van der Waals surface area contributed by atoms with Gasteiger partial charge in [-0.1, -0.05) is 30.3 Å². The molecule has 1 saturated heterocycles. The number of benzene rings is 1. The van der Waals surface area contributed by atoms with E-state index in [2.05, 4.69) is 22.1 Å². The van der Waals surface area contributed by atoms with Gasteiger partial charge in [-0.05, 0) is 38.1 Å². The standard InChI is InChI=1S/C14H18N4S/c1-16-13(12-7-3-2-4-8-12)15-18(14(16)19)11-17-9-5-6-10-17/h2-4,7-8H,5-6,9-11H2,1H3. The van der Waals surface area contributed by atoms with Gasteiger partial charge in [-0.2, -0.15) is 5.10 Å². The van der Waals surface area contributed by atoms with Gasteiger partial charge in [0.2, 0.25) is 0 Å². The van der Waals surface area contributed by atoms with Crippen LogP contribution in [-0.2, 0) is 13.7 Å². The minimum Gasteiger partial charge on any atom is -0.303 e. The monoisotopic (exact) mass is 274 g/mol. The van der Waals surface area contributed by atoms with Crippen molar-refractivity contribution in [2.24, 2.45) is 7.05 Å². The highest BCUT2D eigenvalue weighted by Gasteiger charge is 2.15. The summed E-state index contributed by atoms with van der Waals surface area (Å²) >= 11 is 5.49. The van der Waals surface area contributed by atoms with Crippen LogP contribution in [0.2, 0.25) is 0 Å². The van der Waals surface area contributed by atoms with Crippen molar-refractivity contribution in [2.75, 3.05) is 13.1 Å². The molecule has 0 aliphatic carbocycles. The van der Waals surface area contributed by atoms with Crippen LogP contribution >= 0.6 is 12.2 Å². The summed E-state index contributed by atoms with van der Waals surface area (Å²) in [7, 11) is 1.98. The predicted molar refractivity (Wildman–Crippen MR) is 78.3 cm³/mol. The van der Waals surface area contributed by atoms with Crippen molar-refractivity contribution in [1.82, 2.24) is 19.2 Å². The Bertz CT molecular complexity index is 608. The van der Waals surface area contributed by atoms with Crippen LogP contribution < -0.4 is 0 Å². The molecule has 2 aromatic rings. The van der Waals surface area contributed by atoms with E-state index < -0.39 is 0 Å². The van der Waals surface area contributed by atoms with Crippen molar-refractivity contribution in [2.45, 2.75) is 19.5 Å². The molecule has 0 unspecified atom stereocenters. The van der Waals surface area contributed by atoms with Gasteiger partial charge in [-0.25, -0.2) is 4.68 Å². The second-order valence-corrected chi connectivity index (χ2v) is 5.36. The molecule has 0 N–H and O–H groups in total. The highest BCUT2D eigenvalue weighted by molar-refractivity contribution is 7.71. The fraction of sp³-hybridized carbons (Fsp3) is 0.429. The third kappa shape index (κ3) is 2.48. The van der Waals surface area contributed by atoms with Gasteiger partial charge >= 0.3 is 0 Å². The number of aromatic nitrogens is 3. The topological polar surface area (TPSA) is 26.0 Å². The third-order valence-electron chi connectivity index (χ3n) is 3.61. The zero-order valence-electron chi connectivity index (χ0n) is 11.1. The van der Waals surface area contributed by atoms with E-state index in [1.54, 1.807) is 0 Å². The Hall–Kier alpha value is -1.46. The summed E-state index contributed by atoms with van der Waals surface area (Å²) in [4.78, 5) is 2.40. The molecule has 0 atom stereocenters. The molecule has 2 heterocycles. The minimum atomic E-state index is 0.783. The van der Waals surface area contributed by atoms with Gasteiger partial charge in [-0.3, -0.25) is 4.90 Å². The first-order chi connectivity index (χ1) is 9.25. The summed E-state index contributed by atoms with van der Waals surface area (Å²) in [5.41, 5.74) is 1.11. The minimum absolute atomic E-state index is 0.783. The van der Waals surface area contributed by atoms with Gasteiger partial charge in [0.05, 0.1) is 6.67 Å². The number of nitrogens with zero attached hydrogens (tertiary/aromatic N) is 4. The Morgan fingerprint density at radius 1 is 1.16 bits per heavy atom. The largest absolute Gasteiger partial charge is 0.303 e. The summed E-state index contributed by atoms with van der Waals surface area (Å²) in [6.45, 7) is 3.11. The van der Waals surface area contributed by atoms with Crippen molar-refractivity contribution in [3.05, 3.63) is 35.1 Å². The van der Waals surface area contributed by atoms with Crippen LogP contribution in [-0.4, -0.2) is 32.3 Å². The Labute approximate surface area is 118 Å². The highest BCUT2D eigenvalue weighted by atomic mass is 32.1. The number of hydrogen-bond donors (Lipinski definition) is 0. The molecule has 0 radical (unpaired) electrons. The quantitative estimate of drug-likeness (QED) is 0.805. The second-order valence-electron chi connectivity index (χ2n) is 5.00. The maximum absolute atomic E-state index is 5.49. The lowest BCUT2D eigenvalue weighted by atomic mass is 10.2. The zero-order valence-corrected chi connectivity index (χ0v) is 11.9. The maximum Gasteiger partial charge on any atom is 0.199 e. The van der Waals surface area contributed by atoms with E-state index in [0.717, 1.165) is 35.9 Å². The molecule has 1 aliphatic rings. The van der Waals surface area contributed by atoms with Gasteiger partial charge in [0, 0.05) is 12.6 Å². The van der Waals surface area contributed by atoms with Crippen LogP contribution in [0, 0.1) is 4.77 Å². The smallest absolute Gasteiger partial charge is 0.199 e. The van der Waals surface area contributed by atoms with E-state index in [1.807, 2.05) is 34.5 Å². The van der Waals surface area contributed by atoms with E-state index in [1.165, 1.54) is 12.8 Å². The van der Waals surface area contributed by atoms with E-state index >= 15 is 0 Å². The zero-order chi connectivity index (χ0) is 13.2. The molecule has 1 aliphatic heterocycles. The van der Waals surface area contributed by atoms with E-state index in [4.69, 9.17) is 12.2 Å². The predicted octanol–water partition coefficient (Wildman–Crippen LogP) is 2.67. The first kappa shape index (κ1) is 12.6. The number of likely N-dealkylation sites (tertiary alicyclic amines) is 1.